The third-order valence-electron chi connectivity index (χ3n) is 5.23. The lowest BCUT2D eigenvalue weighted by atomic mass is 9.96. The van der Waals surface area contributed by atoms with Gasteiger partial charge in [-0.05, 0) is 33.1 Å². The van der Waals surface area contributed by atoms with Crippen molar-refractivity contribution in [3.63, 3.8) is 0 Å². The van der Waals surface area contributed by atoms with Gasteiger partial charge in [-0.1, -0.05) is 0 Å². The number of likely N-dealkylation sites (N-methyl/N-ethyl adjacent to an activating group) is 2. The Balaban J connectivity index is 1.71. The van der Waals surface area contributed by atoms with Crippen LogP contribution in [0.15, 0.2) is 4.99 Å². The van der Waals surface area contributed by atoms with Crippen LogP contribution < -0.4 is 5.32 Å². The summed E-state index contributed by atoms with van der Waals surface area (Å²) in [7, 11) is 7.17. The van der Waals surface area contributed by atoms with Gasteiger partial charge in [0.1, 0.15) is 12.6 Å². The fourth-order valence-electron chi connectivity index (χ4n) is 3.75. The molecule has 0 bridgehead atoms. The molecule has 0 radical (unpaired) electrons. The molecular weight excluding hydrogens is 236 g/mol. The Hall–Kier alpha value is -0.610. The third-order valence-corrected chi connectivity index (χ3v) is 5.23. The van der Waals surface area contributed by atoms with Gasteiger partial charge in [0.25, 0.3) is 0 Å². The van der Waals surface area contributed by atoms with Crippen molar-refractivity contribution in [3.05, 3.63) is 0 Å². The first-order chi connectivity index (χ1) is 8.75. The van der Waals surface area contributed by atoms with Crippen molar-refractivity contribution in [2.45, 2.75) is 44.7 Å². The van der Waals surface area contributed by atoms with E-state index in [4.69, 9.17) is 0 Å². The zero-order chi connectivity index (χ0) is 14.1. The molecule has 4 nitrogen and oxygen atoms in total. The van der Waals surface area contributed by atoms with Crippen molar-refractivity contribution < 1.29 is 8.97 Å². The van der Waals surface area contributed by atoms with E-state index in [0.717, 1.165) is 12.6 Å². The lowest BCUT2D eigenvalue weighted by Crippen LogP contribution is -2.48. The summed E-state index contributed by atoms with van der Waals surface area (Å²) in [5.74, 6) is 0. The average Bonchev–Trinajstić information content (AvgIpc) is 2.79. The van der Waals surface area contributed by atoms with E-state index < -0.39 is 0 Å². The summed E-state index contributed by atoms with van der Waals surface area (Å²) in [6.07, 6.45) is 5.75. The van der Waals surface area contributed by atoms with Gasteiger partial charge in [-0.15, -0.1) is 0 Å². The van der Waals surface area contributed by atoms with E-state index in [1.54, 1.807) is 0 Å². The van der Waals surface area contributed by atoms with Gasteiger partial charge in [-0.2, -0.15) is 0 Å². The van der Waals surface area contributed by atoms with Crippen LogP contribution in [0, 0.1) is 0 Å². The normalized spacial score (nSPS) is 40.6. The zero-order valence-electron chi connectivity index (χ0n) is 13.4. The Morgan fingerprint density at radius 1 is 1.32 bits per heavy atom. The first kappa shape index (κ1) is 14.8. The van der Waals surface area contributed by atoms with Crippen LogP contribution in [0.5, 0.6) is 0 Å². The lowest BCUT2D eigenvalue weighted by molar-refractivity contribution is -1.03. The molecule has 0 aliphatic carbocycles. The number of nitrogens with zero attached hydrogens (tertiary/aromatic N) is 3. The Morgan fingerprint density at radius 2 is 2.05 bits per heavy atom. The topological polar surface area (TPSA) is 24.4 Å². The van der Waals surface area contributed by atoms with Crippen molar-refractivity contribution in [2.75, 3.05) is 47.4 Å². The van der Waals surface area contributed by atoms with E-state index in [1.165, 1.54) is 48.0 Å². The van der Waals surface area contributed by atoms with E-state index >= 15 is 0 Å². The second-order valence-electron chi connectivity index (χ2n) is 7.93. The Kier molecular flexibility index (Phi) is 3.94. The van der Waals surface area contributed by atoms with Crippen molar-refractivity contribution in [1.29, 1.82) is 0 Å². The highest BCUT2D eigenvalue weighted by Gasteiger charge is 2.45. The number of rotatable bonds is 5. The molecule has 0 saturated carbocycles. The second-order valence-corrected chi connectivity index (χ2v) is 7.93. The summed E-state index contributed by atoms with van der Waals surface area (Å²) >= 11 is 0. The number of nitrogens with one attached hydrogen (secondary N) is 1. The van der Waals surface area contributed by atoms with E-state index in [-0.39, 0.29) is 5.54 Å². The molecular formula is C15H32N4+2. The molecule has 1 fully saturated rings. The largest absolute Gasteiger partial charge is 0.369 e. The molecule has 0 aromatic heterocycles. The fourth-order valence-corrected chi connectivity index (χ4v) is 3.75. The van der Waals surface area contributed by atoms with Crippen LogP contribution in [0.3, 0.4) is 0 Å². The zero-order valence-corrected chi connectivity index (χ0v) is 13.4. The number of quaternary nitrogens is 2. The van der Waals surface area contributed by atoms with Gasteiger partial charge in [-0.25, -0.2) is 0 Å². The smallest absolute Gasteiger partial charge is 0.207 e. The van der Waals surface area contributed by atoms with Gasteiger partial charge >= 0.3 is 0 Å². The summed E-state index contributed by atoms with van der Waals surface area (Å²) in [6, 6.07) is 0.785. The predicted octanol–water partition coefficient (Wildman–Crippen LogP) is 1.43. The van der Waals surface area contributed by atoms with Gasteiger partial charge in [0.2, 0.25) is 6.67 Å². The first-order valence-corrected chi connectivity index (χ1v) is 7.67. The minimum Gasteiger partial charge on any atom is -0.369 e. The second kappa shape index (κ2) is 5.06. The number of aliphatic imine (C=N–C) groups is 1. The summed E-state index contributed by atoms with van der Waals surface area (Å²) in [6.45, 7) is 9.55. The highest BCUT2D eigenvalue weighted by atomic mass is 15.6. The summed E-state index contributed by atoms with van der Waals surface area (Å²) in [5, 5.41) is 3.39. The molecule has 2 aliphatic rings. The van der Waals surface area contributed by atoms with Crippen molar-refractivity contribution in [3.8, 4) is 0 Å². The molecule has 0 spiro atoms. The van der Waals surface area contributed by atoms with Crippen molar-refractivity contribution in [2.24, 2.45) is 4.99 Å². The highest BCUT2D eigenvalue weighted by molar-refractivity contribution is 5.58. The molecule has 1 N–H and O–H groups in total. The number of hydrogen-bond acceptors (Lipinski definition) is 2. The van der Waals surface area contributed by atoms with Gasteiger partial charge < -0.3 is 5.32 Å². The molecule has 4 heteroatoms. The van der Waals surface area contributed by atoms with Crippen molar-refractivity contribution in [1.82, 2.24) is 5.32 Å². The Labute approximate surface area is 118 Å². The van der Waals surface area contributed by atoms with E-state index in [9.17, 15) is 0 Å². The summed E-state index contributed by atoms with van der Waals surface area (Å²) in [5.41, 5.74) is 0.228. The molecule has 3 atom stereocenters. The maximum atomic E-state index is 4.29. The summed E-state index contributed by atoms with van der Waals surface area (Å²) < 4.78 is 2.42. The molecule has 3 unspecified atom stereocenters. The van der Waals surface area contributed by atoms with E-state index in [1.807, 2.05) is 6.34 Å². The number of hydrogen-bond donors (Lipinski definition) is 1. The average molecular weight is 268 g/mol. The minimum atomic E-state index is 0.228. The SMILES string of the molecule is CC1C[N+](C)(CCCCC2(C)CN=CN2)C[N+]1(C)C. The molecule has 2 heterocycles. The molecule has 2 rings (SSSR count). The summed E-state index contributed by atoms with van der Waals surface area (Å²) in [4.78, 5) is 4.29. The maximum absolute atomic E-state index is 4.29. The Morgan fingerprint density at radius 3 is 2.58 bits per heavy atom. The predicted molar refractivity (Wildman–Crippen MR) is 81.1 cm³/mol. The monoisotopic (exact) mass is 268 g/mol. The minimum absolute atomic E-state index is 0.228. The van der Waals surface area contributed by atoms with E-state index in [2.05, 4.69) is 45.3 Å². The molecule has 110 valence electrons. The molecule has 19 heavy (non-hydrogen) atoms. The standard InChI is InChI=1S/C15H32N4/c1-14-10-19(5,13-18(14,3)4)9-7-6-8-15(2)11-16-12-17-15/h12,14H,6-11,13H2,1-5H3,(H,16,17)/q+2. The van der Waals surface area contributed by atoms with Crippen LogP contribution >= 0.6 is 0 Å². The lowest BCUT2D eigenvalue weighted by Gasteiger charge is -2.30. The third kappa shape index (κ3) is 3.48. The van der Waals surface area contributed by atoms with Gasteiger partial charge in [-0.3, -0.25) is 14.0 Å². The quantitative estimate of drug-likeness (QED) is 0.592. The van der Waals surface area contributed by atoms with Gasteiger partial charge in [0.05, 0.1) is 46.1 Å². The van der Waals surface area contributed by atoms with Gasteiger partial charge in [0.15, 0.2) is 0 Å². The highest BCUT2D eigenvalue weighted by Crippen LogP contribution is 2.25. The molecule has 2 aliphatic heterocycles. The van der Waals surface area contributed by atoms with Crippen LogP contribution in [0.1, 0.15) is 33.1 Å². The molecule has 1 saturated heterocycles. The molecule has 0 amide bonds. The molecule has 0 aromatic carbocycles. The van der Waals surface area contributed by atoms with Crippen LogP contribution in [0.25, 0.3) is 0 Å². The first-order valence-electron chi connectivity index (χ1n) is 7.67. The van der Waals surface area contributed by atoms with Crippen LogP contribution in [-0.4, -0.2) is 74.3 Å². The van der Waals surface area contributed by atoms with Crippen LogP contribution in [-0.2, 0) is 0 Å². The Bertz CT molecular complexity index is 342. The fraction of sp³-hybridized carbons (Fsp3) is 0.933. The van der Waals surface area contributed by atoms with Gasteiger partial charge in [0, 0.05) is 0 Å². The maximum Gasteiger partial charge on any atom is 0.207 e. The van der Waals surface area contributed by atoms with Crippen LogP contribution in [0.4, 0.5) is 0 Å². The molecule has 0 aromatic rings. The van der Waals surface area contributed by atoms with Crippen molar-refractivity contribution >= 4 is 6.34 Å². The van der Waals surface area contributed by atoms with E-state index in [0.29, 0.717) is 0 Å². The number of unbranched alkanes of at least 4 members (excludes halogenated alkanes) is 1. The van der Waals surface area contributed by atoms with Crippen LogP contribution in [0.2, 0.25) is 0 Å².